The van der Waals surface area contributed by atoms with E-state index in [1.165, 1.54) is 0 Å². The molecule has 0 spiro atoms. The second kappa shape index (κ2) is 11.1. The van der Waals surface area contributed by atoms with Crippen molar-refractivity contribution in [3.05, 3.63) is 0 Å². The zero-order valence-electron chi connectivity index (χ0n) is 12.7. The van der Waals surface area contributed by atoms with Crippen molar-refractivity contribution < 1.29 is 19.1 Å². The van der Waals surface area contributed by atoms with Gasteiger partial charge in [-0.15, -0.1) is 0 Å². The van der Waals surface area contributed by atoms with Gasteiger partial charge in [-0.3, -0.25) is 9.59 Å². The molecule has 0 aromatic carbocycles. The van der Waals surface area contributed by atoms with Crippen LogP contribution in [0.15, 0.2) is 0 Å². The standard InChI is InChI=1S/C15H28O4/c1-12(2)15(17)8-6-10-18-9-5-7-14(16)11-19-13(3)4/h12-13H,5-11H2,1-4H3. The van der Waals surface area contributed by atoms with Gasteiger partial charge in [0.1, 0.15) is 12.4 Å². The number of hydrogen-bond donors (Lipinski definition) is 0. The van der Waals surface area contributed by atoms with Crippen LogP contribution >= 0.6 is 0 Å². The molecule has 0 aliphatic rings. The fourth-order valence-corrected chi connectivity index (χ4v) is 1.44. The Labute approximate surface area is 116 Å². The van der Waals surface area contributed by atoms with Crippen LogP contribution in [-0.2, 0) is 19.1 Å². The summed E-state index contributed by atoms with van der Waals surface area (Å²) in [7, 11) is 0. The van der Waals surface area contributed by atoms with Crippen molar-refractivity contribution in [1.29, 1.82) is 0 Å². The summed E-state index contributed by atoms with van der Waals surface area (Å²) < 4.78 is 10.6. The Bertz CT molecular complexity index is 259. The first kappa shape index (κ1) is 18.3. The minimum atomic E-state index is 0.0960. The average molecular weight is 272 g/mol. The van der Waals surface area contributed by atoms with Gasteiger partial charge >= 0.3 is 0 Å². The summed E-state index contributed by atoms with van der Waals surface area (Å²) in [5, 5.41) is 0. The quantitative estimate of drug-likeness (QED) is 0.513. The van der Waals surface area contributed by atoms with E-state index in [4.69, 9.17) is 9.47 Å². The van der Waals surface area contributed by atoms with Gasteiger partial charge in [0.25, 0.3) is 0 Å². The highest BCUT2D eigenvalue weighted by atomic mass is 16.5. The van der Waals surface area contributed by atoms with Gasteiger partial charge in [0, 0.05) is 32.0 Å². The van der Waals surface area contributed by atoms with Crippen molar-refractivity contribution >= 4 is 11.6 Å². The molecule has 0 bridgehead atoms. The summed E-state index contributed by atoms with van der Waals surface area (Å²) in [5.41, 5.74) is 0. The first-order valence-corrected chi connectivity index (χ1v) is 7.17. The highest BCUT2D eigenvalue weighted by molar-refractivity contribution is 5.80. The SMILES string of the molecule is CC(C)OCC(=O)CCCOCCCC(=O)C(C)C. The lowest BCUT2D eigenvalue weighted by Gasteiger charge is -2.07. The fraction of sp³-hybridized carbons (Fsp3) is 0.867. The Balaban J connectivity index is 3.31. The van der Waals surface area contributed by atoms with Crippen LogP contribution in [0.1, 0.15) is 53.4 Å². The lowest BCUT2D eigenvalue weighted by Crippen LogP contribution is -2.13. The monoisotopic (exact) mass is 272 g/mol. The highest BCUT2D eigenvalue weighted by Gasteiger charge is 2.06. The van der Waals surface area contributed by atoms with E-state index in [1.807, 2.05) is 27.7 Å². The maximum Gasteiger partial charge on any atom is 0.158 e. The Kier molecular flexibility index (Phi) is 10.7. The molecular weight excluding hydrogens is 244 g/mol. The average Bonchev–Trinajstić information content (AvgIpc) is 2.34. The second-order valence-corrected chi connectivity index (χ2v) is 5.34. The molecule has 112 valence electrons. The molecule has 19 heavy (non-hydrogen) atoms. The van der Waals surface area contributed by atoms with E-state index in [0.29, 0.717) is 26.1 Å². The molecule has 0 atom stereocenters. The van der Waals surface area contributed by atoms with Gasteiger partial charge in [0.2, 0.25) is 0 Å². The lowest BCUT2D eigenvalue weighted by atomic mass is 10.1. The molecule has 0 amide bonds. The predicted molar refractivity (Wildman–Crippen MR) is 75.2 cm³/mol. The Hall–Kier alpha value is -0.740. The molecule has 0 aromatic rings. The molecule has 0 saturated heterocycles. The van der Waals surface area contributed by atoms with Crippen LogP contribution < -0.4 is 0 Å². The number of hydrogen-bond acceptors (Lipinski definition) is 4. The molecule has 0 N–H and O–H groups in total. The van der Waals surface area contributed by atoms with Gasteiger partial charge in [-0.1, -0.05) is 13.8 Å². The third-order valence-corrected chi connectivity index (χ3v) is 2.68. The minimum Gasteiger partial charge on any atom is -0.381 e. The molecule has 0 aliphatic carbocycles. The molecule has 0 fully saturated rings. The van der Waals surface area contributed by atoms with Crippen LogP contribution in [0.4, 0.5) is 0 Å². The van der Waals surface area contributed by atoms with E-state index in [9.17, 15) is 9.59 Å². The molecule has 0 aromatic heterocycles. The zero-order chi connectivity index (χ0) is 14.7. The van der Waals surface area contributed by atoms with Gasteiger partial charge in [-0.2, -0.15) is 0 Å². The molecule has 0 radical (unpaired) electrons. The van der Waals surface area contributed by atoms with E-state index in [-0.39, 0.29) is 30.2 Å². The number of carbonyl (C=O) groups is 2. The smallest absolute Gasteiger partial charge is 0.158 e. The Morgan fingerprint density at radius 2 is 1.53 bits per heavy atom. The summed E-state index contributed by atoms with van der Waals surface area (Å²) in [4.78, 5) is 22.7. The number of ether oxygens (including phenoxy) is 2. The molecule has 4 nitrogen and oxygen atoms in total. The predicted octanol–water partition coefficient (Wildman–Crippen LogP) is 2.78. The van der Waals surface area contributed by atoms with Crippen LogP contribution in [-0.4, -0.2) is 37.5 Å². The molecule has 0 heterocycles. The summed E-state index contributed by atoms with van der Waals surface area (Å²) >= 11 is 0. The Morgan fingerprint density at radius 3 is 2.05 bits per heavy atom. The largest absolute Gasteiger partial charge is 0.381 e. The summed E-state index contributed by atoms with van der Waals surface area (Å²) in [6.07, 6.45) is 2.66. The first-order chi connectivity index (χ1) is 8.93. The van der Waals surface area contributed by atoms with Crippen molar-refractivity contribution in [2.45, 2.75) is 59.5 Å². The van der Waals surface area contributed by atoms with E-state index in [0.717, 1.165) is 12.8 Å². The van der Waals surface area contributed by atoms with Crippen molar-refractivity contribution in [3.8, 4) is 0 Å². The summed E-state index contributed by atoms with van der Waals surface area (Å²) in [6, 6.07) is 0. The maximum atomic E-state index is 11.4. The topological polar surface area (TPSA) is 52.6 Å². The van der Waals surface area contributed by atoms with Crippen LogP contribution in [0, 0.1) is 5.92 Å². The van der Waals surface area contributed by atoms with Gasteiger partial charge in [-0.05, 0) is 26.7 Å². The van der Waals surface area contributed by atoms with Crippen LogP contribution in [0.3, 0.4) is 0 Å². The molecule has 0 rings (SSSR count). The number of Topliss-reactive ketones (excluding diaryl/α,β-unsaturated/α-hetero) is 2. The third-order valence-electron chi connectivity index (χ3n) is 2.68. The van der Waals surface area contributed by atoms with Crippen LogP contribution in [0.2, 0.25) is 0 Å². The van der Waals surface area contributed by atoms with E-state index < -0.39 is 0 Å². The molecule has 0 unspecified atom stereocenters. The lowest BCUT2D eigenvalue weighted by molar-refractivity contribution is -0.125. The number of ketones is 2. The fourth-order valence-electron chi connectivity index (χ4n) is 1.44. The van der Waals surface area contributed by atoms with E-state index in [1.54, 1.807) is 0 Å². The number of rotatable bonds is 12. The van der Waals surface area contributed by atoms with Crippen molar-refractivity contribution in [2.24, 2.45) is 5.92 Å². The minimum absolute atomic E-state index is 0.0960. The number of carbonyl (C=O) groups excluding carboxylic acids is 2. The first-order valence-electron chi connectivity index (χ1n) is 7.17. The summed E-state index contributed by atoms with van der Waals surface area (Å²) in [6.45, 7) is 9.00. The molecular formula is C15H28O4. The third kappa shape index (κ3) is 12.1. The molecule has 0 aliphatic heterocycles. The summed E-state index contributed by atoms with van der Waals surface area (Å²) in [5.74, 6) is 0.510. The van der Waals surface area contributed by atoms with E-state index in [2.05, 4.69) is 0 Å². The normalized spacial score (nSPS) is 11.3. The van der Waals surface area contributed by atoms with Crippen molar-refractivity contribution in [3.63, 3.8) is 0 Å². The van der Waals surface area contributed by atoms with Gasteiger partial charge in [0.15, 0.2) is 5.78 Å². The molecule has 4 heteroatoms. The molecule has 0 saturated carbocycles. The maximum absolute atomic E-state index is 11.4. The van der Waals surface area contributed by atoms with Crippen LogP contribution in [0.25, 0.3) is 0 Å². The van der Waals surface area contributed by atoms with Gasteiger partial charge in [-0.25, -0.2) is 0 Å². The van der Waals surface area contributed by atoms with Gasteiger partial charge in [0.05, 0.1) is 6.10 Å². The van der Waals surface area contributed by atoms with Crippen molar-refractivity contribution in [2.75, 3.05) is 19.8 Å². The zero-order valence-corrected chi connectivity index (χ0v) is 12.7. The second-order valence-electron chi connectivity index (χ2n) is 5.34. The highest BCUT2D eigenvalue weighted by Crippen LogP contribution is 2.02. The van der Waals surface area contributed by atoms with E-state index >= 15 is 0 Å². The van der Waals surface area contributed by atoms with Crippen LogP contribution in [0.5, 0.6) is 0 Å². The Morgan fingerprint density at radius 1 is 0.947 bits per heavy atom. The van der Waals surface area contributed by atoms with Crippen molar-refractivity contribution in [1.82, 2.24) is 0 Å². The van der Waals surface area contributed by atoms with Gasteiger partial charge < -0.3 is 9.47 Å².